The molecule has 9 nitrogen and oxygen atoms in total. The van der Waals surface area contributed by atoms with Gasteiger partial charge in [-0.2, -0.15) is 0 Å². The Bertz CT molecular complexity index is 1700. The number of benzene rings is 3. The average molecular weight is 568 g/mol. The standard InChI is InChI=1S/C19H14N2O3.C14H19NO3/c1-24-19(23)14-10-11(6-7-16(14)22)17-18-13(8-9-20-17)12-4-2-3-5-15(12)21-18;1-10(2)12(8-16)13(15)14(17)18-9-11-6-4-3-5-7-11/h2-10,21-22H,1H3;3-8,10,12-13H,9,15H2,1-2H3. The van der Waals surface area contributed by atoms with Gasteiger partial charge in [-0.1, -0.05) is 62.4 Å². The van der Waals surface area contributed by atoms with Gasteiger partial charge in [0.1, 0.15) is 30.2 Å². The van der Waals surface area contributed by atoms with Crippen molar-refractivity contribution >= 4 is 40.0 Å². The van der Waals surface area contributed by atoms with Crippen LogP contribution in [0.25, 0.3) is 33.1 Å². The zero-order valence-electron chi connectivity index (χ0n) is 23.6. The molecule has 0 bridgehead atoms. The second-order valence-corrected chi connectivity index (χ2v) is 10.1. The zero-order valence-corrected chi connectivity index (χ0v) is 23.6. The molecule has 0 aliphatic rings. The number of phenols is 1. The van der Waals surface area contributed by atoms with Crippen molar-refractivity contribution in [1.82, 2.24) is 9.97 Å². The number of hydrogen-bond donors (Lipinski definition) is 3. The molecule has 0 spiro atoms. The van der Waals surface area contributed by atoms with Gasteiger partial charge in [-0.25, -0.2) is 4.79 Å². The maximum Gasteiger partial charge on any atom is 0.341 e. The summed E-state index contributed by atoms with van der Waals surface area (Å²) in [4.78, 5) is 42.3. The van der Waals surface area contributed by atoms with Crippen LogP contribution in [0.3, 0.4) is 0 Å². The monoisotopic (exact) mass is 567 g/mol. The SMILES string of the molecule is CC(C)C(C=O)C(N)C(=O)OCc1ccccc1.COC(=O)c1cc(-c2nccc3c2[nH]c2ccccc23)ccc1O. The summed E-state index contributed by atoms with van der Waals surface area (Å²) in [6, 6.07) is 23.2. The van der Waals surface area contributed by atoms with Crippen molar-refractivity contribution in [2.24, 2.45) is 17.6 Å². The molecule has 5 aromatic rings. The van der Waals surface area contributed by atoms with E-state index in [1.807, 2.05) is 68.4 Å². The summed E-state index contributed by atoms with van der Waals surface area (Å²) < 4.78 is 9.82. The number of aldehydes is 1. The molecule has 3 aromatic carbocycles. The largest absolute Gasteiger partial charge is 0.507 e. The molecule has 216 valence electrons. The molecule has 0 saturated carbocycles. The van der Waals surface area contributed by atoms with E-state index in [9.17, 15) is 19.5 Å². The van der Waals surface area contributed by atoms with Gasteiger partial charge >= 0.3 is 11.9 Å². The van der Waals surface area contributed by atoms with E-state index in [0.29, 0.717) is 5.69 Å². The number of aromatic nitrogens is 2. The first-order valence-electron chi connectivity index (χ1n) is 13.4. The number of nitrogens with zero attached hydrogens (tertiary/aromatic N) is 1. The molecule has 2 heterocycles. The molecule has 4 N–H and O–H groups in total. The first kappa shape index (κ1) is 30.0. The molecule has 0 amide bonds. The van der Waals surface area contributed by atoms with Gasteiger partial charge in [0.25, 0.3) is 0 Å². The van der Waals surface area contributed by atoms with Crippen molar-refractivity contribution in [3.63, 3.8) is 0 Å². The number of methoxy groups -OCH3 is 1. The van der Waals surface area contributed by atoms with Gasteiger partial charge in [0, 0.05) is 34.0 Å². The van der Waals surface area contributed by atoms with Gasteiger partial charge in [-0.3, -0.25) is 9.78 Å². The Morgan fingerprint density at radius 2 is 1.71 bits per heavy atom. The first-order chi connectivity index (χ1) is 20.2. The van der Waals surface area contributed by atoms with Crippen LogP contribution in [0.1, 0.15) is 29.8 Å². The molecule has 5 rings (SSSR count). The minimum Gasteiger partial charge on any atom is -0.507 e. The summed E-state index contributed by atoms with van der Waals surface area (Å²) in [6.07, 6.45) is 2.46. The number of fused-ring (bicyclic) bond motifs is 3. The predicted molar refractivity (Wildman–Crippen MR) is 161 cm³/mol. The van der Waals surface area contributed by atoms with Crippen molar-refractivity contribution in [3.8, 4) is 17.0 Å². The highest BCUT2D eigenvalue weighted by atomic mass is 16.5. The summed E-state index contributed by atoms with van der Waals surface area (Å²) >= 11 is 0. The lowest BCUT2D eigenvalue weighted by Crippen LogP contribution is -2.42. The summed E-state index contributed by atoms with van der Waals surface area (Å²) in [5.74, 6) is -1.73. The molecule has 9 heteroatoms. The van der Waals surface area contributed by atoms with Gasteiger partial charge in [0.05, 0.1) is 18.3 Å². The number of para-hydroxylation sites is 1. The van der Waals surface area contributed by atoms with Crippen LogP contribution in [0, 0.1) is 11.8 Å². The molecular formula is C33H33N3O6. The van der Waals surface area contributed by atoms with E-state index in [1.54, 1.807) is 18.3 Å². The molecule has 0 fully saturated rings. The van der Waals surface area contributed by atoms with Crippen LogP contribution in [0.5, 0.6) is 5.75 Å². The molecule has 0 saturated heterocycles. The number of ether oxygens (including phenoxy) is 2. The number of aromatic hydroxyl groups is 1. The van der Waals surface area contributed by atoms with E-state index in [0.717, 1.165) is 39.2 Å². The number of esters is 2. The second kappa shape index (κ2) is 13.6. The molecule has 2 aromatic heterocycles. The van der Waals surface area contributed by atoms with Gasteiger partial charge < -0.3 is 30.1 Å². The maximum atomic E-state index is 11.8. The minimum absolute atomic E-state index is 0.0155. The Kier molecular flexibility index (Phi) is 9.67. The number of carbonyl (C=O) groups excluding carboxylic acids is 3. The Morgan fingerprint density at radius 1 is 1.00 bits per heavy atom. The highest BCUT2D eigenvalue weighted by molar-refractivity contribution is 6.11. The number of pyridine rings is 1. The topological polar surface area (TPSA) is 145 Å². The highest BCUT2D eigenvalue weighted by Gasteiger charge is 2.28. The van der Waals surface area contributed by atoms with Crippen molar-refractivity contribution < 1.29 is 29.0 Å². The fourth-order valence-electron chi connectivity index (χ4n) is 4.59. The van der Waals surface area contributed by atoms with E-state index in [1.165, 1.54) is 13.2 Å². The molecule has 0 aliphatic heterocycles. The van der Waals surface area contributed by atoms with E-state index >= 15 is 0 Å². The minimum atomic E-state index is -0.897. The van der Waals surface area contributed by atoms with Gasteiger partial charge in [0.2, 0.25) is 0 Å². The molecule has 0 aliphatic carbocycles. The van der Waals surface area contributed by atoms with E-state index in [-0.39, 0.29) is 23.8 Å². The smallest absolute Gasteiger partial charge is 0.341 e. The molecule has 42 heavy (non-hydrogen) atoms. The van der Waals surface area contributed by atoms with Crippen molar-refractivity contribution in [1.29, 1.82) is 0 Å². The van der Waals surface area contributed by atoms with Crippen molar-refractivity contribution in [3.05, 3.63) is 96.2 Å². The lowest BCUT2D eigenvalue weighted by Gasteiger charge is -2.20. The van der Waals surface area contributed by atoms with Gasteiger partial charge in [-0.15, -0.1) is 0 Å². The van der Waals surface area contributed by atoms with Crippen LogP contribution in [0.4, 0.5) is 0 Å². The van der Waals surface area contributed by atoms with E-state index in [4.69, 9.17) is 15.2 Å². The number of aromatic amines is 1. The number of rotatable bonds is 8. The first-order valence-corrected chi connectivity index (χ1v) is 13.4. The number of nitrogens with one attached hydrogen (secondary N) is 1. The number of carbonyl (C=O) groups is 3. The van der Waals surface area contributed by atoms with E-state index in [2.05, 4.69) is 16.0 Å². The fraction of sp³-hybridized carbons (Fsp3) is 0.212. The molecular weight excluding hydrogens is 534 g/mol. The quantitative estimate of drug-likeness (QED) is 0.167. The Balaban J connectivity index is 0.000000202. The Hall–Kier alpha value is -5.02. The third-order valence-electron chi connectivity index (χ3n) is 6.94. The van der Waals surface area contributed by atoms with Crippen LogP contribution >= 0.6 is 0 Å². The van der Waals surface area contributed by atoms with Crippen LogP contribution < -0.4 is 5.73 Å². The van der Waals surface area contributed by atoms with Crippen LogP contribution in [-0.4, -0.2) is 46.5 Å². The summed E-state index contributed by atoms with van der Waals surface area (Å²) in [5.41, 5.74) is 10.1. The normalized spacial score (nSPS) is 12.3. The van der Waals surface area contributed by atoms with Gasteiger partial charge in [0.15, 0.2) is 0 Å². The third-order valence-corrected chi connectivity index (χ3v) is 6.94. The van der Waals surface area contributed by atoms with Crippen molar-refractivity contribution in [2.45, 2.75) is 26.5 Å². The van der Waals surface area contributed by atoms with Crippen LogP contribution in [0.15, 0.2) is 85.1 Å². The Morgan fingerprint density at radius 3 is 2.40 bits per heavy atom. The molecule has 0 radical (unpaired) electrons. The number of H-pyrrole nitrogens is 1. The van der Waals surface area contributed by atoms with Gasteiger partial charge in [-0.05, 0) is 41.8 Å². The summed E-state index contributed by atoms with van der Waals surface area (Å²) in [6.45, 7) is 3.88. The summed E-state index contributed by atoms with van der Waals surface area (Å²) in [5, 5.41) is 12.1. The number of hydrogen-bond acceptors (Lipinski definition) is 8. The van der Waals surface area contributed by atoms with Crippen molar-refractivity contribution in [2.75, 3.05) is 7.11 Å². The van der Waals surface area contributed by atoms with Crippen LogP contribution in [0.2, 0.25) is 0 Å². The lowest BCUT2D eigenvalue weighted by molar-refractivity contribution is -0.149. The van der Waals surface area contributed by atoms with E-state index < -0.39 is 23.9 Å². The number of nitrogens with two attached hydrogens (primary N) is 1. The maximum absolute atomic E-state index is 11.8. The molecule has 2 unspecified atom stereocenters. The molecule has 2 atom stereocenters. The predicted octanol–water partition coefficient (Wildman–Crippen LogP) is 5.40. The second-order valence-electron chi connectivity index (χ2n) is 10.1. The van der Waals surface area contributed by atoms with Crippen LogP contribution in [-0.2, 0) is 25.7 Å². The summed E-state index contributed by atoms with van der Waals surface area (Å²) in [7, 11) is 1.28. The fourth-order valence-corrected chi connectivity index (χ4v) is 4.59. The highest BCUT2D eigenvalue weighted by Crippen LogP contribution is 2.33. The Labute approximate surface area is 243 Å². The number of phenolic OH excluding ortho intramolecular Hbond substituents is 1. The average Bonchev–Trinajstić information content (AvgIpc) is 3.40. The third kappa shape index (κ3) is 6.64. The lowest BCUT2D eigenvalue weighted by atomic mass is 9.90. The zero-order chi connectivity index (χ0) is 30.2.